The fourth-order valence-corrected chi connectivity index (χ4v) is 2.96. The fraction of sp³-hybridized carbons (Fsp3) is 0.143. The molecule has 1 heterocycles. The summed E-state index contributed by atoms with van der Waals surface area (Å²) in [5.74, 6) is 2.38. The summed E-state index contributed by atoms with van der Waals surface area (Å²) in [5, 5.41) is 4.11. The summed E-state index contributed by atoms with van der Waals surface area (Å²) in [6, 6.07) is 21.6. The molecule has 1 N–H and O–H groups in total. The molecule has 0 saturated heterocycles. The van der Waals surface area contributed by atoms with Crippen LogP contribution in [0, 0.1) is 0 Å². The molecular weight excluding hydrogens is 350 g/mol. The van der Waals surface area contributed by atoms with E-state index in [9.17, 15) is 0 Å². The third-order valence-electron chi connectivity index (χ3n) is 4.06. The molecule has 0 aromatic heterocycles. The average Bonchev–Trinajstić information content (AvgIpc) is 3.13. The van der Waals surface area contributed by atoms with Gasteiger partial charge in [0.1, 0.15) is 12.4 Å². The van der Waals surface area contributed by atoms with E-state index >= 15 is 0 Å². The van der Waals surface area contributed by atoms with Crippen LogP contribution in [0.5, 0.6) is 17.2 Å². The third kappa shape index (κ3) is 4.03. The van der Waals surface area contributed by atoms with Crippen LogP contribution in [0.3, 0.4) is 0 Å². The monoisotopic (exact) mass is 367 g/mol. The maximum atomic E-state index is 6.01. The third-order valence-corrected chi connectivity index (χ3v) is 4.30. The van der Waals surface area contributed by atoms with Crippen molar-refractivity contribution in [3.8, 4) is 17.2 Å². The Morgan fingerprint density at radius 2 is 1.73 bits per heavy atom. The first-order valence-electron chi connectivity index (χ1n) is 8.36. The number of anilines is 1. The Bertz CT molecular complexity index is 913. The van der Waals surface area contributed by atoms with Crippen molar-refractivity contribution in [3.63, 3.8) is 0 Å². The van der Waals surface area contributed by atoms with Crippen LogP contribution < -0.4 is 19.5 Å². The van der Waals surface area contributed by atoms with Gasteiger partial charge in [0, 0.05) is 23.3 Å². The number of nitrogens with one attached hydrogen (secondary N) is 1. The number of hydrogen-bond donors (Lipinski definition) is 1. The molecule has 1 aliphatic rings. The van der Waals surface area contributed by atoms with Gasteiger partial charge in [-0.2, -0.15) is 0 Å². The molecule has 0 fully saturated rings. The summed E-state index contributed by atoms with van der Waals surface area (Å²) >= 11 is 6.01. The van der Waals surface area contributed by atoms with Crippen molar-refractivity contribution in [3.05, 3.63) is 82.9 Å². The van der Waals surface area contributed by atoms with Crippen LogP contribution in [0.1, 0.15) is 11.1 Å². The highest BCUT2D eigenvalue weighted by molar-refractivity contribution is 6.30. The van der Waals surface area contributed by atoms with Gasteiger partial charge in [-0.05, 0) is 47.5 Å². The van der Waals surface area contributed by atoms with Crippen molar-refractivity contribution in [2.75, 3.05) is 12.1 Å². The molecule has 0 atom stereocenters. The minimum absolute atomic E-state index is 0.283. The van der Waals surface area contributed by atoms with Gasteiger partial charge in [0.15, 0.2) is 11.5 Å². The largest absolute Gasteiger partial charge is 0.489 e. The Labute approximate surface area is 157 Å². The number of rotatable bonds is 6. The van der Waals surface area contributed by atoms with Gasteiger partial charge in [-0.15, -0.1) is 0 Å². The molecule has 3 aromatic carbocycles. The predicted octanol–water partition coefficient (Wildman–Crippen LogP) is 5.26. The van der Waals surface area contributed by atoms with E-state index in [0.717, 1.165) is 34.1 Å². The van der Waals surface area contributed by atoms with E-state index in [-0.39, 0.29) is 6.79 Å². The lowest BCUT2D eigenvalue weighted by molar-refractivity contribution is 0.174. The first-order valence-corrected chi connectivity index (χ1v) is 8.74. The molecule has 0 amide bonds. The van der Waals surface area contributed by atoms with Gasteiger partial charge in [-0.3, -0.25) is 0 Å². The molecular formula is C21H18ClNO3. The molecule has 132 valence electrons. The number of ether oxygens (including phenoxy) is 3. The van der Waals surface area contributed by atoms with Crippen LogP contribution in [-0.2, 0) is 13.2 Å². The van der Waals surface area contributed by atoms with Gasteiger partial charge in [-0.25, -0.2) is 0 Å². The van der Waals surface area contributed by atoms with E-state index in [1.165, 1.54) is 0 Å². The smallest absolute Gasteiger partial charge is 0.231 e. The van der Waals surface area contributed by atoms with Crippen LogP contribution in [-0.4, -0.2) is 6.79 Å². The van der Waals surface area contributed by atoms with Crippen molar-refractivity contribution >= 4 is 17.3 Å². The van der Waals surface area contributed by atoms with Gasteiger partial charge in [0.2, 0.25) is 6.79 Å². The first-order chi connectivity index (χ1) is 12.8. The summed E-state index contributed by atoms with van der Waals surface area (Å²) in [6.45, 7) is 1.46. The van der Waals surface area contributed by atoms with Gasteiger partial charge in [-0.1, -0.05) is 35.9 Å². The van der Waals surface area contributed by atoms with Crippen LogP contribution in [0.4, 0.5) is 5.69 Å². The maximum Gasteiger partial charge on any atom is 0.231 e. The fourth-order valence-electron chi connectivity index (χ4n) is 2.75. The highest BCUT2D eigenvalue weighted by atomic mass is 35.5. The van der Waals surface area contributed by atoms with E-state index in [1.807, 2.05) is 60.7 Å². The molecule has 0 spiro atoms. The molecule has 0 radical (unpaired) electrons. The van der Waals surface area contributed by atoms with E-state index in [4.69, 9.17) is 25.8 Å². The zero-order chi connectivity index (χ0) is 17.8. The Hall–Kier alpha value is -2.85. The summed E-state index contributed by atoms with van der Waals surface area (Å²) in [5.41, 5.74) is 3.16. The highest BCUT2D eigenvalue weighted by Crippen LogP contribution is 2.34. The number of benzene rings is 3. The van der Waals surface area contributed by atoms with E-state index in [0.29, 0.717) is 18.2 Å². The normalized spacial score (nSPS) is 12.0. The SMILES string of the molecule is Clc1cccc(COc2cccc(CNc3ccc4c(c3)OCO4)c2)c1. The van der Waals surface area contributed by atoms with Crippen LogP contribution in [0.25, 0.3) is 0 Å². The summed E-state index contributed by atoms with van der Waals surface area (Å²) < 4.78 is 16.6. The highest BCUT2D eigenvalue weighted by Gasteiger charge is 2.12. The number of fused-ring (bicyclic) bond motifs is 1. The van der Waals surface area contributed by atoms with Crippen LogP contribution in [0.15, 0.2) is 66.7 Å². The van der Waals surface area contributed by atoms with Crippen LogP contribution >= 0.6 is 11.6 Å². The molecule has 3 aromatic rings. The molecule has 26 heavy (non-hydrogen) atoms. The zero-order valence-electron chi connectivity index (χ0n) is 14.1. The Morgan fingerprint density at radius 3 is 2.65 bits per heavy atom. The summed E-state index contributed by atoms with van der Waals surface area (Å²) in [4.78, 5) is 0. The second-order valence-electron chi connectivity index (χ2n) is 5.99. The molecule has 4 rings (SSSR count). The van der Waals surface area contributed by atoms with Crippen molar-refractivity contribution in [2.45, 2.75) is 13.2 Å². The molecule has 5 heteroatoms. The van der Waals surface area contributed by atoms with Crippen molar-refractivity contribution in [2.24, 2.45) is 0 Å². The van der Waals surface area contributed by atoms with E-state index in [2.05, 4.69) is 11.4 Å². The van der Waals surface area contributed by atoms with E-state index in [1.54, 1.807) is 0 Å². The minimum Gasteiger partial charge on any atom is -0.489 e. The average molecular weight is 368 g/mol. The van der Waals surface area contributed by atoms with Crippen molar-refractivity contribution in [1.82, 2.24) is 0 Å². The minimum atomic E-state index is 0.283. The summed E-state index contributed by atoms with van der Waals surface area (Å²) in [6.07, 6.45) is 0. The quantitative estimate of drug-likeness (QED) is 0.645. The molecule has 1 aliphatic heterocycles. The van der Waals surface area contributed by atoms with Gasteiger partial charge < -0.3 is 19.5 Å². The lowest BCUT2D eigenvalue weighted by Gasteiger charge is -2.10. The second-order valence-corrected chi connectivity index (χ2v) is 6.42. The van der Waals surface area contributed by atoms with Crippen molar-refractivity contribution < 1.29 is 14.2 Å². The standard InChI is InChI=1S/C21H18ClNO3/c22-17-5-1-4-16(9-17)13-24-19-6-2-3-15(10-19)12-23-18-7-8-20-21(11-18)26-14-25-20/h1-11,23H,12-14H2. The number of halogens is 1. The Balaban J connectivity index is 1.36. The topological polar surface area (TPSA) is 39.7 Å². The lowest BCUT2D eigenvalue weighted by Crippen LogP contribution is -2.00. The van der Waals surface area contributed by atoms with E-state index < -0.39 is 0 Å². The molecule has 0 saturated carbocycles. The molecule has 4 nitrogen and oxygen atoms in total. The molecule has 0 aliphatic carbocycles. The first kappa shape index (κ1) is 16.6. The van der Waals surface area contributed by atoms with Crippen molar-refractivity contribution in [1.29, 1.82) is 0 Å². The predicted molar refractivity (Wildman–Crippen MR) is 102 cm³/mol. The van der Waals surface area contributed by atoms with Gasteiger partial charge >= 0.3 is 0 Å². The van der Waals surface area contributed by atoms with Gasteiger partial charge in [0.05, 0.1) is 0 Å². The zero-order valence-corrected chi connectivity index (χ0v) is 14.8. The number of hydrogen-bond acceptors (Lipinski definition) is 4. The molecule has 0 unspecified atom stereocenters. The Kier molecular flexibility index (Phi) is 4.84. The maximum absolute atomic E-state index is 6.01. The summed E-state index contributed by atoms with van der Waals surface area (Å²) in [7, 11) is 0. The van der Waals surface area contributed by atoms with Gasteiger partial charge in [0.25, 0.3) is 0 Å². The van der Waals surface area contributed by atoms with Crippen LogP contribution in [0.2, 0.25) is 5.02 Å². The molecule has 0 bridgehead atoms. The Morgan fingerprint density at radius 1 is 0.885 bits per heavy atom. The lowest BCUT2D eigenvalue weighted by atomic mass is 10.2. The second kappa shape index (κ2) is 7.58.